The Morgan fingerprint density at radius 1 is 1.44 bits per heavy atom. The maximum absolute atomic E-state index is 4.46. The molecule has 0 radical (unpaired) electrons. The van der Waals surface area contributed by atoms with Crippen molar-refractivity contribution in [2.75, 3.05) is 6.54 Å². The molecular weight excluding hydrogens is 216 g/mol. The molecule has 0 aliphatic heterocycles. The number of fused-ring (bicyclic) bond motifs is 2. The molecule has 0 aromatic carbocycles. The highest BCUT2D eigenvalue weighted by atomic mass is 32.1. The van der Waals surface area contributed by atoms with Gasteiger partial charge in [0.1, 0.15) is 0 Å². The van der Waals surface area contributed by atoms with Crippen LogP contribution in [0.3, 0.4) is 0 Å². The van der Waals surface area contributed by atoms with E-state index in [4.69, 9.17) is 0 Å². The summed E-state index contributed by atoms with van der Waals surface area (Å²) in [7, 11) is 0. The molecule has 3 unspecified atom stereocenters. The molecule has 1 fully saturated rings. The molecule has 0 amide bonds. The zero-order valence-electron chi connectivity index (χ0n) is 9.65. The number of aromatic nitrogens is 1. The fraction of sp³-hybridized carbons (Fsp3) is 0.615. The van der Waals surface area contributed by atoms with Crippen LogP contribution in [0.1, 0.15) is 23.5 Å². The Morgan fingerprint density at radius 2 is 2.38 bits per heavy atom. The van der Waals surface area contributed by atoms with Crippen LogP contribution >= 0.6 is 11.3 Å². The summed E-state index contributed by atoms with van der Waals surface area (Å²) in [5.74, 6) is 2.61. The first kappa shape index (κ1) is 10.5. The molecule has 1 heterocycles. The van der Waals surface area contributed by atoms with E-state index in [1.807, 2.05) is 0 Å². The van der Waals surface area contributed by atoms with E-state index in [2.05, 4.69) is 34.8 Å². The highest BCUT2D eigenvalue weighted by molar-refractivity contribution is 7.09. The van der Waals surface area contributed by atoms with E-state index in [9.17, 15) is 0 Å². The van der Waals surface area contributed by atoms with Crippen molar-refractivity contribution in [3.8, 4) is 0 Å². The van der Waals surface area contributed by atoms with Gasteiger partial charge in [-0.25, -0.2) is 4.98 Å². The molecule has 1 aromatic rings. The van der Waals surface area contributed by atoms with E-state index >= 15 is 0 Å². The van der Waals surface area contributed by atoms with Crippen LogP contribution in [0.15, 0.2) is 17.5 Å². The second-order valence-corrected chi connectivity index (χ2v) is 6.09. The maximum atomic E-state index is 4.46. The number of hydrogen-bond donors (Lipinski definition) is 1. The fourth-order valence-electron chi connectivity index (χ4n) is 3.00. The van der Waals surface area contributed by atoms with E-state index < -0.39 is 0 Å². The van der Waals surface area contributed by atoms with E-state index in [-0.39, 0.29) is 0 Å². The Bertz CT molecular complexity index is 396. The number of allylic oxidation sites excluding steroid dienone is 2. The summed E-state index contributed by atoms with van der Waals surface area (Å²) in [6.45, 7) is 4.15. The summed E-state index contributed by atoms with van der Waals surface area (Å²) >= 11 is 1.74. The summed E-state index contributed by atoms with van der Waals surface area (Å²) in [6.07, 6.45) is 7.63. The summed E-state index contributed by atoms with van der Waals surface area (Å²) in [4.78, 5) is 4.46. The molecule has 2 aliphatic carbocycles. The first-order chi connectivity index (χ1) is 7.81. The molecule has 3 rings (SSSR count). The van der Waals surface area contributed by atoms with Crippen molar-refractivity contribution in [1.82, 2.24) is 10.3 Å². The van der Waals surface area contributed by atoms with Crippen LogP contribution in [0.5, 0.6) is 0 Å². The zero-order chi connectivity index (χ0) is 11.0. The lowest BCUT2D eigenvalue weighted by Crippen LogP contribution is -2.25. The third-order valence-corrected chi connectivity index (χ3v) is 4.62. The Hall–Kier alpha value is -0.670. The molecule has 1 aromatic heterocycles. The van der Waals surface area contributed by atoms with Gasteiger partial charge in [-0.1, -0.05) is 12.2 Å². The van der Waals surface area contributed by atoms with E-state index in [0.29, 0.717) is 0 Å². The fourth-order valence-corrected chi connectivity index (χ4v) is 3.62. The van der Waals surface area contributed by atoms with Crippen LogP contribution in [0.25, 0.3) is 0 Å². The zero-order valence-corrected chi connectivity index (χ0v) is 10.5. The summed E-state index contributed by atoms with van der Waals surface area (Å²) in [5.41, 5.74) is 1.20. The number of hydrogen-bond acceptors (Lipinski definition) is 3. The Balaban J connectivity index is 1.46. The maximum Gasteiger partial charge on any atom is 0.0897 e. The van der Waals surface area contributed by atoms with Crippen LogP contribution < -0.4 is 5.32 Å². The predicted octanol–water partition coefficient (Wildman–Crippen LogP) is 2.75. The van der Waals surface area contributed by atoms with Gasteiger partial charge in [-0.15, -0.1) is 11.3 Å². The summed E-state index contributed by atoms with van der Waals surface area (Å²) < 4.78 is 0. The SMILES string of the molecule is Cc1nc(CNCC2CC3C=CC2C3)cs1. The standard InChI is InChI=1S/C13H18N2S/c1-9-15-13(8-16-9)7-14-6-12-5-10-2-3-11(12)4-10/h2-3,8,10-12,14H,4-7H2,1H3. The molecule has 3 atom stereocenters. The van der Waals surface area contributed by atoms with E-state index in [1.54, 1.807) is 11.3 Å². The van der Waals surface area contributed by atoms with Crippen molar-refractivity contribution in [3.05, 3.63) is 28.2 Å². The van der Waals surface area contributed by atoms with Crippen molar-refractivity contribution < 1.29 is 0 Å². The van der Waals surface area contributed by atoms with E-state index in [1.165, 1.54) is 23.5 Å². The molecule has 2 nitrogen and oxygen atoms in total. The monoisotopic (exact) mass is 234 g/mol. The third kappa shape index (κ3) is 2.06. The number of nitrogens with zero attached hydrogens (tertiary/aromatic N) is 1. The molecule has 0 saturated heterocycles. The van der Waals surface area contributed by atoms with Crippen LogP contribution in [0.2, 0.25) is 0 Å². The average Bonchev–Trinajstić information content (AvgIpc) is 2.94. The molecule has 0 spiro atoms. The highest BCUT2D eigenvalue weighted by Gasteiger charge is 2.34. The Labute approximate surface area is 101 Å². The van der Waals surface area contributed by atoms with Crippen LogP contribution in [-0.2, 0) is 6.54 Å². The van der Waals surface area contributed by atoms with Gasteiger partial charge in [0.05, 0.1) is 10.7 Å². The van der Waals surface area contributed by atoms with Crippen molar-refractivity contribution in [2.45, 2.75) is 26.3 Å². The number of rotatable bonds is 4. The van der Waals surface area contributed by atoms with Gasteiger partial charge in [0.25, 0.3) is 0 Å². The second kappa shape index (κ2) is 4.30. The lowest BCUT2D eigenvalue weighted by molar-refractivity contribution is 0.413. The second-order valence-electron chi connectivity index (χ2n) is 5.03. The van der Waals surface area contributed by atoms with Crippen LogP contribution in [-0.4, -0.2) is 11.5 Å². The topological polar surface area (TPSA) is 24.9 Å². The molecule has 2 aliphatic rings. The van der Waals surface area contributed by atoms with Gasteiger partial charge in [-0.05, 0) is 44.1 Å². The first-order valence-electron chi connectivity index (χ1n) is 6.11. The quantitative estimate of drug-likeness (QED) is 0.810. The van der Waals surface area contributed by atoms with Gasteiger partial charge in [-0.2, -0.15) is 0 Å². The average molecular weight is 234 g/mol. The number of aryl methyl sites for hydroxylation is 1. The van der Waals surface area contributed by atoms with Gasteiger partial charge < -0.3 is 5.32 Å². The van der Waals surface area contributed by atoms with Crippen molar-refractivity contribution in [3.63, 3.8) is 0 Å². The third-order valence-electron chi connectivity index (χ3n) is 3.80. The minimum absolute atomic E-state index is 0.856. The molecule has 86 valence electrons. The molecule has 1 N–H and O–H groups in total. The lowest BCUT2D eigenvalue weighted by atomic mass is 9.94. The largest absolute Gasteiger partial charge is 0.311 e. The normalized spacial score (nSPS) is 31.4. The van der Waals surface area contributed by atoms with Crippen molar-refractivity contribution >= 4 is 11.3 Å². The smallest absolute Gasteiger partial charge is 0.0897 e. The summed E-state index contributed by atoms with van der Waals surface area (Å²) in [6, 6.07) is 0. The predicted molar refractivity (Wildman–Crippen MR) is 67.4 cm³/mol. The van der Waals surface area contributed by atoms with Gasteiger partial charge >= 0.3 is 0 Å². The Morgan fingerprint density at radius 3 is 3.00 bits per heavy atom. The highest BCUT2D eigenvalue weighted by Crippen LogP contribution is 2.42. The van der Waals surface area contributed by atoms with Gasteiger partial charge in [0.15, 0.2) is 0 Å². The molecular formula is C13H18N2S. The minimum atomic E-state index is 0.856. The first-order valence-corrected chi connectivity index (χ1v) is 6.99. The van der Waals surface area contributed by atoms with Gasteiger partial charge in [-0.3, -0.25) is 0 Å². The molecule has 2 bridgehead atoms. The Kier molecular flexibility index (Phi) is 2.82. The van der Waals surface area contributed by atoms with E-state index in [0.717, 1.165) is 30.8 Å². The minimum Gasteiger partial charge on any atom is -0.311 e. The molecule has 1 saturated carbocycles. The number of thiazole rings is 1. The number of nitrogens with one attached hydrogen (secondary N) is 1. The van der Waals surface area contributed by atoms with Crippen molar-refractivity contribution in [1.29, 1.82) is 0 Å². The van der Waals surface area contributed by atoms with Gasteiger partial charge in [0, 0.05) is 11.9 Å². The molecule has 3 heteroatoms. The van der Waals surface area contributed by atoms with Crippen LogP contribution in [0.4, 0.5) is 0 Å². The van der Waals surface area contributed by atoms with Gasteiger partial charge in [0.2, 0.25) is 0 Å². The summed E-state index contributed by atoms with van der Waals surface area (Å²) in [5, 5.41) is 6.87. The molecule has 16 heavy (non-hydrogen) atoms. The lowest BCUT2D eigenvalue weighted by Gasteiger charge is -2.18. The van der Waals surface area contributed by atoms with Crippen LogP contribution in [0, 0.1) is 24.7 Å². The van der Waals surface area contributed by atoms with Crippen molar-refractivity contribution in [2.24, 2.45) is 17.8 Å².